The topological polar surface area (TPSA) is 34.1 Å². The van der Waals surface area contributed by atoms with Crippen molar-refractivity contribution in [3.63, 3.8) is 0 Å². The van der Waals surface area contributed by atoms with Gasteiger partial charge in [-0.2, -0.15) is 0 Å². The van der Waals surface area contributed by atoms with Crippen LogP contribution in [0.25, 0.3) is 0 Å². The minimum atomic E-state index is -0.301. The molecule has 1 unspecified atom stereocenters. The van der Waals surface area contributed by atoms with Gasteiger partial charge >= 0.3 is 0 Å². The van der Waals surface area contributed by atoms with E-state index in [1.54, 1.807) is 6.08 Å². The van der Waals surface area contributed by atoms with Crippen LogP contribution in [0.2, 0.25) is 0 Å². The highest BCUT2D eigenvalue weighted by Gasteiger charge is 2.40. The van der Waals surface area contributed by atoms with Crippen LogP contribution in [0.4, 0.5) is 0 Å². The first-order valence-corrected chi connectivity index (χ1v) is 5.40. The smallest absolute Gasteiger partial charge is 0.155 e. The summed E-state index contributed by atoms with van der Waals surface area (Å²) in [5.41, 5.74) is 0.793. The van der Waals surface area contributed by atoms with Gasteiger partial charge < -0.3 is 0 Å². The molecule has 1 atom stereocenters. The van der Waals surface area contributed by atoms with Crippen LogP contribution in [0.3, 0.4) is 0 Å². The number of fused-ring (bicyclic) bond motifs is 1. The third-order valence-corrected chi connectivity index (χ3v) is 3.63. The molecule has 0 amide bonds. The maximum atomic E-state index is 11.9. The summed E-state index contributed by atoms with van der Waals surface area (Å²) < 4.78 is 0. The largest absolute Gasteiger partial charge is 0.299 e. The van der Waals surface area contributed by atoms with Gasteiger partial charge in [0.25, 0.3) is 0 Å². The van der Waals surface area contributed by atoms with Gasteiger partial charge in [0.1, 0.15) is 5.78 Å². The molecule has 0 radical (unpaired) electrons. The lowest BCUT2D eigenvalue weighted by Gasteiger charge is -2.32. The molecule has 0 aromatic heterocycles. The zero-order chi connectivity index (χ0) is 10.2. The number of hydrogen-bond acceptors (Lipinski definition) is 2. The molecule has 0 bridgehead atoms. The van der Waals surface area contributed by atoms with Crippen molar-refractivity contribution in [2.45, 2.75) is 45.4 Å². The molecule has 76 valence electrons. The van der Waals surface area contributed by atoms with Crippen LogP contribution in [-0.4, -0.2) is 11.6 Å². The Hall–Kier alpha value is -0.920. The molecule has 2 rings (SSSR count). The number of rotatable bonds is 0. The van der Waals surface area contributed by atoms with Crippen LogP contribution in [0.5, 0.6) is 0 Å². The van der Waals surface area contributed by atoms with Crippen LogP contribution in [0.15, 0.2) is 11.6 Å². The predicted molar refractivity (Wildman–Crippen MR) is 53.9 cm³/mol. The molecule has 0 spiro atoms. The lowest BCUT2D eigenvalue weighted by atomic mass is 9.70. The minimum Gasteiger partial charge on any atom is -0.299 e. The number of allylic oxidation sites excluding steroid dienone is 2. The molecule has 0 heterocycles. The number of carbonyl (C=O) groups is 2. The summed E-state index contributed by atoms with van der Waals surface area (Å²) in [7, 11) is 0. The summed E-state index contributed by atoms with van der Waals surface area (Å²) >= 11 is 0. The summed E-state index contributed by atoms with van der Waals surface area (Å²) in [6.45, 7) is 2.01. The van der Waals surface area contributed by atoms with Crippen LogP contribution < -0.4 is 0 Å². The Balaban J connectivity index is 2.39. The highest BCUT2D eigenvalue weighted by atomic mass is 16.1. The van der Waals surface area contributed by atoms with E-state index in [2.05, 4.69) is 0 Å². The average Bonchev–Trinajstić information content (AvgIpc) is 2.29. The summed E-state index contributed by atoms with van der Waals surface area (Å²) in [6.07, 6.45) is 6.69. The number of ketones is 2. The fraction of sp³-hybridized carbons (Fsp3) is 0.667. The highest BCUT2D eigenvalue weighted by Crippen LogP contribution is 2.42. The van der Waals surface area contributed by atoms with Crippen molar-refractivity contribution in [2.24, 2.45) is 5.41 Å². The van der Waals surface area contributed by atoms with Crippen LogP contribution in [0, 0.1) is 5.41 Å². The molecule has 0 aromatic carbocycles. The molecule has 14 heavy (non-hydrogen) atoms. The maximum absolute atomic E-state index is 11.9. The fourth-order valence-corrected chi connectivity index (χ4v) is 2.50. The Morgan fingerprint density at radius 1 is 1.14 bits per heavy atom. The molecule has 0 N–H and O–H groups in total. The van der Waals surface area contributed by atoms with E-state index >= 15 is 0 Å². The summed E-state index contributed by atoms with van der Waals surface area (Å²) in [5.74, 6) is 0.543. The lowest BCUT2D eigenvalue weighted by molar-refractivity contribution is -0.127. The second-order valence-electron chi connectivity index (χ2n) is 4.60. The third-order valence-electron chi connectivity index (χ3n) is 3.63. The van der Waals surface area contributed by atoms with Gasteiger partial charge in [0.2, 0.25) is 0 Å². The van der Waals surface area contributed by atoms with Gasteiger partial charge in [-0.15, -0.1) is 0 Å². The molecule has 2 heteroatoms. The van der Waals surface area contributed by atoms with Crippen molar-refractivity contribution in [1.82, 2.24) is 0 Å². The Labute approximate surface area is 84.4 Å². The Kier molecular flexibility index (Phi) is 2.30. The maximum Gasteiger partial charge on any atom is 0.155 e. The van der Waals surface area contributed by atoms with E-state index in [1.165, 1.54) is 0 Å². The van der Waals surface area contributed by atoms with E-state index < -0.39 is 0 Å². The molecule has 0 saturated heterocycles. The van der Waals surface area contributed by atoms with E-state index in [0.29, 0.717) is 18.6 Å². The van der Waals surface area contributed by atoms with Crippen molar-refractivity contribution < 1.29 is 9.59 Å². The van der Waals surface area contributed by atoms with Gasteiger partial charge in [-0.3, -0.25) is 9.59 Å². The van der Waals surface area contributed by atoms with Gasteiger partial charge in [-0.1, -0.05) is 5.57 Å². The number of carbonyl (C=O) groups excluding carboxylic acids is 2. The monoisotopic (exact) mass is 192 g/mol. The van der Waals surface area contributed by atoms with Gasteiger partial charge in [0.05, 0.1) is 0 Å². The average molecular weight is 192 g/mol. The molecule has 0 aromatic rings. The molecule has 1 saturated carbocycles. The molecule has 1 fully saturated rings. The minimum absolute atomic E-state index is 0.201. The van der Waals surface area contributed by atoms with Crippen LogP contribution in [0.1, 0.15) is 45.4 Å². The van der Waals surface area contributed by atoms with Crippen molar-refractivity contribution >= 4 is 11.6 Å². The molecule has 2 nitrogen and oxygen atoms in total. The van der Waals surface area contributed by atoms with Crippen LogP contribution >= 0.6 is 0 Å². The normalized spacial score (nSPS) is 33.4. The molecule has 2 aliphatic rings. The van der Waals surface area contributed by atoms with E-state index in [0.717, 1.165) is 31.3 Å². The third kappa shape index (κ3) is 1.43. The first kappa shape index (κ1) is 9.63. The standard InChI is InChI=1S/C12H16O2/c1-12-7-6-10(13)8-9(12)4-2-3-5-11(12)14/h8H,2-7H2,1H3. The lowest BCUT2D eigenvalue weighted by Crippen LogP contribution is -2.32. The molecular formula is C12H16O2. The first-order chi connectivity index (χ1) is 6.63. The van der Waals surface area contributed by atoms with E-state index in [4.69, 9.17) is 0 Å². The molecule has 2 aliphatic carbocycles. The Morgan fingerprint density at radius 3 is 2.64 bits per heavy atom. The van der Waals surface area contributed by atoms with E-state index in [1.807, 2.05) is 6.92 Å². The predicted octanol–water partition coefficient (Wildman–Crippen LogP) is 2.43. The summed E-state index contributed by atoms with van der Waals surface area (Å²) in [4.78, 5) is 23.2. The first-order valence-electron chi connectivity index (χ1n) is 5.40. The zero-order valence-electron chi connectivity index (χ0n) is 8.64. The van der Waals surface area contributed by atoms with Gasteiger partial charge in [-0.25, -0.2) is 0 Å². The zero-order valence-corrected chi connectivity index (χ0v) is 8.64. The van der Waals surface area contributed by atoms with Crippen LogP contribution in [-0.2, 0) is 9.59 Å². The quantitative estimate of drug-likeness (QED) is 0.590. The highest BCUT2D eigenvalue weighted by molar-refractivity contribution is 5.97. The van der Waals surface area contributed by atoms with Crippen molar-refractivity contribution in [1.29, 1.82) is 0 Å². The Morgan fingerprint density at radius 2 is 1.86 bits per heavy atom. The van der Waals surface area contributed by atoms with Crippen molar-refractivity contribution in [3.05, 3.63) is 11.6 Å². The van der Waals surface area contributed by atoms with Gasteiger partial charge in [-0.05, 0) is 38.7 Å². The summed E-state index contributed by atoms with van der Waals surface area (Å²) in [5, 5.41) is 0. The second-order valence-corrected chi connectivity index (χ2v) is 4.60. The number of hydrogen-bond donors (Lipinski definition) is 0. The van der Waals surface area contributed by atoms with Crippen molar-refractivity contribution in [3.8, 4) is 0 Å². The van der Waals surface area contributed by atoms with Crippen molar-refractivity contribution in [2.75, 3.05) is 0 Å². The van der Waals surface area contributed by atoms with Gasteiger partial charge in [0, 0.05) is 18.3 Å². The second kappa shape index (κ2) is 3.34. The molecule has 0 aliphatic heterocycles. The number of Topliss-reactive ketones (excluding diaryl/α,β-unsaturated/α-hetero) is 1. The SMILES string of the molecule is CC12CCC(=O)C=C1CCCCC2=O. The van der Waals surface area contributed by atoms with E-state index in [9.17, 15) is 9.59 Å². The van der Waals surface area contributed by atoms with E-state index in [-0.39, 0.29) is 11.2 Å². The molecular weight excluding hydrogens is 176 g/mol. The summed E-state index contributed by atoms with van der Waals surface area (Å²) in [6, 6.07) is 0. The fourth-order valence-electron chi connectivity index (χ4n) is 2.50. The Bertz CT molecular complexity index is 314. The van der Waals surface area contributed by atoms with Gasteiger partial charge in [0.15, 0.2) is 5.78 Å².